The average Bonchev–Trinajstić information content (AvgIpc) is 3.10. The quantitative estimate of drug-likeness (QED) is 0.910. The molecule has 2 aliphatic rings. The largest absolute Gasteiger partial charge is 0.381 e. The molecule has 1 spiro atoms. The van der Waals surface area contributed by atoms with Gasteiger partial charge in [0, 0.05) is 24.8 Å². The summed E-state index contributed by atoms with van der Waals surface area (Å²) >= 11 is 0. The Morgan fingerprint density at radius 3 is 2.67 bits per heavy atom. The Labute approximate surface area is 139 Å². The van der Waals surface area contributed by atoms with Crippen LogP contribution in [0, 0.1) is 11.2 Å². The SMILES string of the molecule is O=C(NC1CCC12CCOCC2)c1cc(-c2ccc(F)cc2)n[nH]1. The smallest absolute Gasteiger partial charge is 0.269 e. The van der Waals surface area contributed by atoms with Gasteiger partial charge in [-0.1, -0.05) is 0 Å². The van der Waals surface area contributed by atoms with Gasteiger partial charge in [0.1, 0.15) is 11.5 Å². The lowest BCUT2D eigenvalue weighted by Crippen LogP contribution is -2.57. The summed E-state index contributed by atoms with van der Waals surface area (Å²) < 4.78 is 18.4. The van der Waals surface area contributed by atoms with Crippen molar-refractivity contribution < 1.29 is 13.9 Å². The van der Waals surface area contributed by atoms with Crippen molar-refractivity contribution >= 4 is 5.91 Å². The summed E-state index contributed by atoms with van der Waals surface area (Å²) in [5.74, 6) is -0.426. The molecule has 1 unspecified atom stereocenters. The zero-order valence-corrected chi connectivity index (χ0v) is 13.3. The van der Waals surface area contributed by atoms with Crippen LogP contribution in [0.4, 0.5) is 4.39 Å². The molecule has 1 amide bonds. The van der Waals surface area contributed by atoms with E-state index in [4.69, 9.17) is 4.74 Å². The molecular weight excluding hydrogens is 309 g/mol. The van der Waals surface area contributed by atoms with Crippen molar-refractivity contribution in [2.24, 2.45) is 5.41 Å². The van der Waals surface area contributed by atoms with Crippen LogP contribution in [-0.2, 0) is 4.74 Å². The number of hydrogen-bond donors (Lipinski definition) is 2. The number of H-pyrrole nitrogens is 1. The maximum Gasteiger partial charge on any atom is 0.269 e. The van der Waals surface area contributed by atoms with E-state index in [1.165, 1.54) is 12.1 Å². The van der Waals surface area contributed by atoms with Crippen LogP contribution in [0.2, 0.25) is 0 Å². The van der Waals surface area contributed by atoms with E-state index in [0.29, 0.717) is 11.4 Å². The highest BCUT2D eigenvalue weighted by Gasteiger charge is 2.48. The molecule has 1 aromatic heterocycles. The third-order valence-electron chi connectivity index (χ3n) is 5.43. The molecule has 0 bridgehead atoms. The van der Waals surface area contributed by atoms with Gasteiger partial charge in [0.15, 0.2) is 0 Å². The average molecular weight is 329 g/mol. The van der Waals surface area contributed by atoms with Gasteiger partial charge >= 0.3 is 0 Å². The number of nitrogens with one attached hydrogen (secondary N) is 2. The molecule has 24 heavy (non-hydrogen) atoms. The molecule has 2 aromatic rings. The lowest BCUT2D eigenvalue weighted by atomic mass is 9.60. The summed E-state index contributed by atoms with van der Waals surface area (Å²) in [5.41, 5.74) is 2.06. The van der Waals surface area contributed by atoms with Gasteiger partial charge in [-0.15, -0.1) is 0 Å². The Hall–Kier alpha value is -2.21. The van der Waals surface area contributed by atoms with E-state index in [2.05, 4.69) is 15.5 Å². The van der Waals surface area contributed by atoms with Crippen molar-refractivity contribution in [3.8, 4) is 11.3 Å². The third-order valence-corrected chi connectivity index (χ3v) is 5.43. The number of amides is 1. The van der Waals surface area contributed by atoms with Crippen LogP contribution in [0.15, 0.2) is 30.3 Å². The number of aromatic nitrogens is 2. The van der Waals surface area contributed by atoms with Gasteiger partial charge in [0.05, 0.1) is 5.69 Å². The molecule has 1 aromatic carbocycles. The van der Waals surface area contributed by atoms with E-state index in [1.807, 2.05) is 0 Å². The fourth-order valence-corrected chi connectivity index (χ4v) is 3.74. The summed E-state index contributed by atoms with van der Waals surface area (Å²) in [5, 5.41) is 10.1. The summed E-state index contributed by atoms with van der Waals surface area (Å²) in [7, 11) is 0. The first-order valence-electron chi connectivity index (χ1n) is 8.36. The van der Waals surface area contributed by atoms with Gasteiger partial charge in [0.2, 0.25) is 0 Å². The monoisotopic (exact) mass is 329 g/mol. The molecular formula is C18H20FN3O2. The second-order valence-corrected chi connectivity index (χ2v) is 6.71. The first-order chi connectivity index (χ1) is 11.7. The molecule has 126 valence electrons. The zero-order chi connectivity index (χ0) is 16.6. The van der Waals surface area contributed by atoms with Crippen molar-refractivity contribution in [3.05, 3.63) is 41.8 Å². The minimum atomic E-state index is -0.293. The molecule has 1 saturated heterocycles. The maximum atomic E-state index is 13.0. The number of benzene rings is 1. The molecule has 4 rings (SSSR count). The Balaban J connectivity index is 1.45. The van der Waals surface area contributed by atoms with Crippen LogP contribution in [0.3, 0.4) is 0 Å². The molecule has 0 radical (unpaired) electrons. The van der Waals surface area contributed by atoms with E-state index >= 15 is 0 Å². The highest BCUT2D eigenvalue weighted by Crippen LogP contribution is 2.48. The van der Waals surface area contributed by atoms with Crippen molar-refractivity contribution in [1.82, 2.24) is 15.5 Å². The van der Waals surface area contributed by atoms with Crippen molar-refractivity contribution in [1.29, 1.82) is 0 Å². The number of carbonyl (C=O) groups is 1. The number of ether oxygens (including phenoxy) is 1. The minimum absolute atomic E-state index is 0.133. The van der Waals surface area contributed by atoms with Crippen LogP contribution >= 0.6 is 0 Å². The molecule has 1 aliphatic heterocycles. The Morgan fingerprint density at radius 2 is 2.00 bits per heavy atom. The van der Waals surface area contributed by atoms with E-state index in [0.717, 1.165) is 44.5 Å². The maximum absolute atomic E-state index is 13.0. The second-order valence-electron chi connectivity index (χ2n) is 6.71. The molecule has 1 atom stereocenters. The predicted octanol–water partition coefficient (Wildman–Crippen LogP) is 2.90. The highest BCUT2D eigenvalue weighted by atomic mass is 19.1. The van der Waals surface area contributed by atoms with Gasteiger partial charge in [0.25, 0.3) is 5.91 Å². The molecule has 1 saturated carbocycles. The third kappa shape index (κ3) is 2.71. The van der Waals surface area contributed by atoms with Crippen molar-refractivity contribution in [2.45, 2.75) is 31.7 Å². The Morgan fingerprint density at radius 1 is 1.25 bits per heavy atom. The van der Waals surface area contributed by atoms with E-state index in [1.54, 1.807) is 18.2 Å². The van der Waals surface area contributed by atoms with Crippen LogP contribution in [0.5, 0.6) is 0 Å². The van der Waals surface area contributed by atoms with Crippen LogP contribution in [-0.4, -0.2) is 35.4 Å². The predicted molar refractivity (Wildman–Crippen MR) is 87.0 cm³/mol. The molecule has 2 N–H and O–H groups in total. The second kappa shape index (κ2) is 6.02. The number of hydrogen-bond acceptors (Lipinski definition) is 3. The summed E-state index contributed by atoms with van der Waals surface area (Å²) in [6.45, 7) is 1.57. The Bertz CT molecular complexity index is 735. The topological polar surface area (TPSA) is 67.0 Å². The summed E-state index contributed by atoms with van der Waals surface area (Å²) in [6, 6.07) is 7.98. The molecule has 5 nitrogen and oxygen atoms in total. The van der Waals surface area contributed by atoms with Gasteiger partial charge in [-0.05, 0) is 61.4 Å². The van der Waals surface area contributed by atoms with E-state index < -0.39 is 0 Å². The first kappa shape index (κ1) is 15.3. The van der Waals surface area contributed by atoms with Crippen molar-refractivity contribution in [2.75, 3.05) is 13.2 Å². The van der Waals surface area contributed by atoms with Gasteiger partial charge in [-0.2, -0.15) is 5.10 Å². The van der Waals surface area contributed by atoms with E-state index in [-0.39, 0.29) is 23.2 Å². The zero-order valence-electron chi connectivity index (χ0n) is 13.3. The fourth-order valence-electron chi connectivity index (χ4n) is 3.74. The molecule has 6 heteroatoms. The number of nitrogens with zero attached hydrogens (tertiary/aromatic N) is 1. The van der Waals surface area contributed by atoms with E-state index in [9.17, 15) is 9.18 Å². The van der Waals surface area contributed by atoms with Crippen LogP contribution < -0.4 is 5.32 Å². The first-order valence-corrected chi connectivity index (χ1v) is 8.36. The van der Waals surface area contributed by atoms with Gasteiger partial charge in [-0.3, -0.25) is 9.89 Å². The van der Waals surface area contributed by atoms with Gasteiger partial charge in [-0.25, -0.2) is 4.39 Å². The molecule has 2 fully saturated rings. The van der Waals surface area contributed by atoms with Gasteiger partial charge < -0.3 is 10.1 Å². The van der Waals surface area contributed by atoms with Crippen LogP contribution in [0.1, 0.15) is 36.2 Å². The highest BCUT2D eigenvalue weighted by molar-refractivity contribution is 5.93. The van der Waals surface area contributed by atoms with Crippen LogP contribution in [0.25, 0.3) is 11.3 Å². The van der Waals surface area contributed by atoms with Crippen molar-refractivity contribution in [3.63, 3.8) is 0 Å². The lowest BCUT2D eigenvalue weighted by Gasteiger charge is -2.52. The number of halogens is 1. The summed E-state index contributed by atoms with van der Waals surface area (Å²) in [4.78, 5) is 12.5. The fraction of sp³-hybridized carbons (Fsp3) is 0.444. The Kier molecular flexibility index (Phi) is 3.84. The molecule has 1 aliphatic carbocycles. The number of rotatable bonds is 3. The minimum Gasteiger partial charge on any atom is -0.381 e. The molecule has 2 heterocycles. The normalized spacial score (nSPS) is 22.1. The number of aromatic amines is 1. The summed E-state index contributed by atoms with van der Waals surface area (Å²) in [6.07, 6.45) is 4.21. The lowest BCUT2D eigenvalue weighted by molar-refractivity contribution is -0.0523. The number of carbonyl (C=O) groups excluding carboxylic acids is 1. The standard InChI is InChI=1S/C18H20FN3O2/c19-13-3-1-12(2-4-13)14-11-15(22-21-14)17(23)20-16-5-6-18(16)7-9-24-10-8-18/h1-4,11,16H,5-10H2,(H,20,23)(H,21,22).